The van der Waals surface area contributed by atoms with Gasteiger partial charge < -0.3 is 10.2 Å². The van der Waals surface area contributed by atoms with Gasteiger partial charge in [-0.3, -0.25) is 4.79 Å². The topological polar surface area (TPSA) is 57.5 Å². The first kappa shape index (κ1) is 18.9. The monoisotopic (exact) mass is 360 g/mol. The van der Waals surface area contributed by atoms with Gasteiger partial charge in [-0.25, -0.2) is 0 Å². The smallest absolute Gasteiger partial charge is 0.309 e. The maximum atomic E-state index is 11.6. The number of rotatable bonds is 8. The fraction of sp³-hybridized carbons (Fsp3) is 0.208. The summed E-state index contributed by atoms with van der Waals surface area (Å²) in [4.78, 5) is 11.6. The lowest BCUT2D eigenvalue weighted by Gasteiger charge is -2.19. The van der Waals surface area contributed by atoms with Crippen LogP contribution in [0.2, 0.25) is 0 Å². The first-order valence-electron chi connectivity index (χ1n) is 9.22. The number of aliphatic carboxylic acids is 1. The minimum Gasteiger partial charge on any atom is -0.481 e. The van der Waals surface area contributed by atoms with Gasteiger partial charge in [-0.05, 0) is 41.5 Å². The van der Waals surface area contributed by atoms with Crippen molar-refractivity contribution in [2.45, 2.75) is 25.4 Å². The van der Waals surface area contributed by atoms with E-state index in [0.717, 1.165) is 22.3 Å². The van der Waals surface area contributed by atoms with E-state index < -0.39 is 18.0 Å². The summed E-state index contributed by atoms with van der Waals surface area (Å²) in [6.45, 7) is 0. The summed E-state index contributed by atoms with van der Waals surface area (Å²) in [6.07, 6.45) is 0.532. The van der Waals surface area contributed by atoms with Crippen LogP contribution < -0.4 is 0 Å². The molecule has 3 aromatic carbocycles. The largest absolute Gasteiger partial charge is 0.481 e. The molecule has 2 atom stereocenters. The lowest BCUT2D eigenvalue weighted by atomic mass is 9.90. The highest BCUT2D eigenvalue weighted by atomic mass is 16.4. The molecule has 138 valence electrons. The predicted octanol–water partition coefficient (Wildman–Crippen LogP) is 4.59. The van der Waals surface area contributed by atoms with Gasteiger partial charge in [0.05, 0.1) is 12.0 Å². The van der Waals surface area contributed by atoms with Crippen molar-refractivity contribution >= 4 is 5.97 Å². The maximum Gasteiger partial charge on any atom is 0.309 e. The minimum absolute atomic E-state index is 0.338. The van der Waals surface area contributed by atoms with Crippen LogP contribution in [0.1, 0.15) is 17.5 Å². The summed E-state index contributed by atoms with van der Waals surface area (Å²) in [6, 6.07) is 27.8. The SMILES string of the molecule is O=C(O)C(Cc1ccccc1)C(O)CCc1ccc(-c2ccccc2)cc1. The summed E-state index contributed by atoms with van der Waals surface area (Å²) in [5.74, 6) is -1.75. The molecule has 3 heteroatoms. The van der Waals surface area contributed by atoms with E-state index in [4.69, 9.17) is 0 Å². The fourth-order valence-electron chi connectivity index (χ4n) is 3.27. The van der Waals surface area contributed by atoms with Crippen LogP contribution in [0.15, 0.2) is 84.9 Å². The molecule has 0 radical (unpaired) electrons. The Balaban J connectivity index is 1.60. The van der Waals surface area contributed by atoms with Gasteiger partial charge in [0.2, 0.25) is 0 Å². The molecule has 27 heavy (non-hydrogen) atoms. The molecule has 3 rings (SSSR count). The minimum atomic E-state index is -0.953. The molecular weight excluding hydrogens is 336 g/mol. The standard InChI is InChI=1S/C24H24O3/c25-23(22(24(26)27)17-19-7-3-1-4-8-19)16-13-18-11-14-21(15-12-18)20-9-5-2-6-10-20/h1-12,14-15,22-23,25H,13,16-17H2,(H,26,27). The molecule has 0 saturated heterocycles. The Morgan fingerprint density at radius 3 is 1.89 bits per heavy atom. The van der Waals surface area contributed by atoms with Crippen molar-refractivity contribution < 1.29 is 15.0 Å². The summed E-state index contributed by atoms with van der Waals surface area (Å²) >= 11 is 0. The van der Waals surface area contributed by atoms with E-state index in [1.807, 2.05) is 60.7 Å². The number of aliphatic hydroxyl groups is 1. The summed E-state index contributed by atoms with van der Waals surface area (Å²) in [7, 11) is 0. The van der Waals surface area contributed by atoms with Gasteiger partial charge >= 0.3 is 5.97 Å². The van der Waals surface area contributed by atoms with Crippen LogP contribution in [0.3, 0.4) is 0 Å². The average Bonchev–Trinajstić information content (AvgIpc) is 2.72. The third-order valence-corrected chi connectivity index (χ3v) is 4.87. The van der Waals surface area contributed by atoms with Crippen molar-refractivity contribution in [1.29, 1.82) is 0 Å². The zero-order valence-electron chi connectivity index (χ0n) is 15.2. The highest BCUT2D eigenvalue weighted by molar-refractivity contribution is 5.71. The molecule has 2 unspecified atom stereocenters. The molecular formula is C24H24O3. The second-order valence-electron chi connectivity index (χ2n) is 6.80. The highest BCUT2D eigenvalue weighted by Gasteiger charge is 2.26. The first-order valence-corrected chi connectivity index (χ1v) is 9.22. The van der Waals surface area contributed by atoms with E-state index in [9.17, 15) is 15.0 Å². The lowest BCUT2D eigenvalue weighted by Crippen LogP contribution is -2.30. The van der Waals surface area contributed by atoms with Crippen molar-refractivity contribution in [1.82, 2.24) is 0 Å². The molecule has 2 N–H and O–H groups in total. The molecule has 0 aliphatic carbocycles. The molecule has 0 saturated carbocycles. The van der Waals surface area contributed by atoms with Crippen molar-refractivity contribution in [3.8, 4) is 11.1 Å². The van der Waals surface area contributed by atoms with Crippen LogP contribution in [-0.4, -0.2) is 22.3 Å². The van der Waals surface area contributed by atoms with E-state index >= 15 is 0 Å². The number of carboxylic acids is 1. The zero-order chi connectivity index (χ0) is 19.1. The Kier molecular flexibility index (Phi) is 6.39. The Hall–Kier alpha value is -2.91. The van der Waals surface area contributed by atoms with E-state index in [1.54, 1.807) is 0 Å². The quantitative estimate of drug-likeness (QED) is 0.618. The third-order valence-electron chi connectivity index (χ3n) is 4.87. The van der Waals surface area contributed by atoms with Gasteiger partial charge in [0.1, 0.15) is 0 Å². The number of carboxylic acid groups (broad SMARTS) is 1. The fourth-order valence-corrected chi connectivity index (χ4v) is 3.27. The summed E-state index contributed by atoms with van der Waals surface area (Å²) in [5, 5.41) is 20.0. The Morgan fingerprint density at radius 2 is 1.30 bits per heavy atom. The Morgan fingerprint density at radius 1 is 0.741 bits per heavy atom. The molecule has 0 bridgehead atoms. The molecule has 0 fully saturated rings. The molecule has 0 aliphatic rings. The van der Waals surface area contributed by atoms with Crippen LogP contribution in [0, 0.1) is 5.92 Å². The predicted molar refractivity (Wildman–Crippen MR) is 107 cm³/mol. The maximum absolute atomic E-state index is 11.6. The zero-order valence-corrected chi connectivity index (χ0v) is 15.2. The van der Waals surface area contributed by atoms with Gasteiger partial charge in [-0.2, -0.15) is 0 Å². The molecule has 0 spiro atoms. The highest BCUT2D eigenvalue weighted by Crippen LogP contribution is 2.21. The number of benzene rings is 3. The number of aliphatic hydroxyl groups excluding tert-OH is 1. The average molecular weight is 360 g/mol. The second kappa shape index (κ2) is 9.15. The van der Waals surface area contributed by atoms with E-state index in [0.29, 0.717) is 19.3 Å². The van der Waals surface area contributed by atoms with Gasteiger partial charge in [-0.1, -0.05) is 84.9 Å². The van der Waals surface area contributed by atoms with Crippen LogP contribution in [0.4, 0.5) is 0 Å². The molecule has 0 amide bonds. The Bertz CT molecular complexity index is 842. The van der Waals surface area contributed by atoms with E-state index in [2.05, 4.69) is 24.3 Å². The van der Waals surface area contributed by atoms with Gasteiger partial charge in [0.15, 0.2) is 0 Å². The van der Waals surface area contributed by atoms with Crippen LogP contribution in [-0.2, 0) is 17.6 Å². The third kappa shape index (κ3) is 5.28. The number of hydrogen-bond donors (Lipinski definition) is 2. The van der Waals surface area contributed by atoms with Crippen molar-refractivity contribution in [3.63, 3.8) is 0 Å². The van der Waals surface area contributed by atoms with E-state index in [1.165, 1.54) is 0 Å². The first-order chi connectivity index (χ1) is 13.1. The molecule has 0 aliphatic heterocycles. The van der Waals surface area contributed by atoms with Crippen LogP contribution >= 0.6 is 0 Å². The summed E-state index contributed by atoms with van der Waals surface area (Å²) in [5.41, 5.74) is 4.33. The number of hydrogen-bond acceptors (Lipinski definition) is 2. The van der Waals surface area contributed by atoms with Gasteiger partial charge in [0, 0.05) is 0 Å². The van der Waals surface area contributed by atoms with E-state index in [-0.39, 0.29) is 0 Å². The summed E-state index contributed by atoms with van der Waals surface area (Å²) < 4.78 is 0. The molecule has 0 aromatic heterocycles. The lowest BCUT2D eigenvalue weighted by molar-refractivity contribution is -0.145. The van der Waals surface area contributed by atoms with Crippen molar-refractivity contribution in [2.75, 3.05) is 0 Å². The molecule has 0 heterocycles. The van der Waals surface area contributed by atoms with Crippen LogP contribution in [0.25, 0.3) is 11.1 Å². The van der Waals surface area contributed by atoms with Crippen LogP contribution in [0.5, 0.6) is 0 Å². The van der Waals surface area contributed by atoms with Crippen molar-refractivity contribution in [2.24, 2.45) is 5.92 Å². The second-order valence-corrected chi connectivity index (χ2v) is 6.80. The Labute approximate surface area is 159 Å². The molecule has 3 nitrogen and oxygen atoms in total. The van der Waals surface area contributed by atoms with Gasteiger partial charge in [0.25, 0.3) is 0 Å². The van der Waals surface area contributed by atoms with Gasteiger partial charge in [-0.15, -0.1) is 0 Å². The molecule has 3 aromatic rings. The number of aryl methyl sites for hydroxylation is 1. The van der Waals surface area contributed by atoms with Crippen molar-refractivity contribution in [3.05, 3.63) is 96.1 Å². The normalized spacial score (nSPS) is 13.1. The number of carbonyl (C=O) groups is 1.